The van der Waals surface area contributed by atoms with Crippen molar-refractivity contribution in [3.05, 3.63) is 42.5 Å². The molecule has 0 aliphatic carbocycles. The van der Waals surface area contributed by atoms with Gasteiger partial charge in [-0.25, -0.2) is 0 Å². The molecule has 100 valence electrons. The molecular weight excluding hydrogens is 234 g/mol. The molecule has 0 unspecified atom stereocenters. The summed E-state index contributed by atoms with van der Waals surface area (Å²) in [6.07, 6.45) is 3.79. The highest BCUT2D eigenvalue weighted by Crippen LogP contribution is 2.25. The van der Waals surface area contributed by atoms with Crippen LogP contribution in [0.25, 0.3) is 10.8 Å². The zero-order valence-corrected chi connectivity index (χ0v) is 11.3. The first-order chi connectivity index (χ1) is 9.43. The lowest BCUT2D eigenvalue weighted by atomic mass is 9.97. The maximum absolute atomic E-state index is 5.99. The van der Waals surface area contributed by atoms with Crippen molar-refractivity contribution in [3.8, 4) is 5.75 Å². The van der Waals surface area contributed by atoms with E-state index in [1.165, 1.54) is 30.2 Å². The third-order valence-electron chi connectivity index (χ3n) is 3.93. The minimum atomic E-state index is 0.781. The Balaban J connectivity index is 1.62. The summed E-state index contributed by atoms with van der Waals surface area (Å²) in [5.74, 6) is 1.80. The Morgan fingerprint density at radius 1 is 1.11 bits per heavy atom. The van der Waals surface area contributed by atoms with E-state index in [2.05, 4.69) is 47.8 Å². The molecule has 1 N–H and O–H groups in total. The standard InChI is InChI=1S/C17H21NO/c1-2-8-16-15(6-1)7-3-9-17(16)19-12-10-14-5-4-11-18-13-14/h1-3,6-9,14,18H,4-5,10-13H2/t14-/m0/s1. The van der Waals surface area contributed by atoms with Crippen LogP contribution in [0.5, 0.6) is 5.75 Å². The molecule has 2 nitrogen and oxygen atoms in total. The SMILES string of the molecule is c1ccc2c(OCC[C@@H]3CCCNC3)cccc2c1. The first kappa shape index (κ1) is 12.5. The molecule has 0 aromatic heterocycles. The summed E-state index contributed by atoms with van der Waals surface area (Å²) in [7, 11) is 0. The van der Waals surface area contributed by atoms with Crippen LogP contribution >= 0.6 is 0 Å². The van der Waals surface area contributed by atoms with Gasteiger partial charge in [-0.15, -0.1) is 0 Å². The molecule has 1 fully saturated rings. The molecule has 2 aromatic carbocycles. The zero-order chi connectivity index (χ0) is 12.9. The topological polar surface area (TPSA) is 21.3 Å². The Morgan fingerprint density at radius 2 is 2.00 bits per heavy atom. The van der Waals surface area contributed by atoms with E-state index in [4.69, 9.17) is 4.74 Å². The predicted molar refractivity (Wildman–Crippen MR) is 79.7 cm³/mol. The van der Waals surface area contributed by atoms with E-state index < -0.39 is 0 Å². The van der Waals surface area contributed by atoms with E-state index in [9.17, 15) is 0 Å². The summed E-state index contributed by atoms with van der Waals surface area (Å²) in [6, 6.07) is 14.7. The largest absolute Gasteiger partial charge is 0.493 e. The number of nitrogens with one attached hydrogen (secondary N) is 1. The zero-order valence-electron chi connectivity index (χ0n) is 11.3. The molecule has 0 bridgehead atoms. The number of hydrogen-bond acceptors (Lipinski definition) is 2. The van der Waals surface area contributed by atoms with E-state index in [1.807, 2.05) is 0 Å². The van der Waals surface area contributed by atoms with Gasteiger partial charge in [0.1, 0.15) is 5.75 Å². The molecule has 1 aliphatic rings. The second-order valence-electron chi connectivity index (χ2n) is 5.33. The molecule has 0 spiro atoms. The van der Waals surface area contributed by atoms with Crippen molar-refractivity contribution >= 4 is 10.8 Å². The number of hydrogen-bond donors (Lipinski definition) is 1. The number of rotatable bonds is 4. The van der Waals surface area contributed by atoms with Gasteiger partial charge in [0, 0.05) is 5.39 Å². The summed E-state index contributed by atoms with van der Waals surface area (Å²) in [4.78, 5) is 0. The van der Waals surface area contributed by atoms with Gasteiger partial charge in [0.25, 0.3) is 0 Å². The molecule has 1 aliphatic heterocycles. The molecule has 1 atom stereocenters. The molecule has 0 saturated carbocycles. The van der Waals surface area contributed by atoms with E-state index in [-0.39, 0.29) is 0 Å². The molecule has 1 saturated heterocycles. The Hall–Kier alpha value is -1.54. The highest BCUT2D eigenvalue weighted by Gasteiger charge is 2.12. The van der Waals surface area contributed by atoms with Gasteiger partial charge >= 0.3 is 0 Å². The Bertz CT molecular complexity index is 526. The number of ether oxygens (including phenoxy) is 1. The highest BCUT2D eigenvalue weighted by atomic mass is 16.5. The second-order valence-corrected chi connectivity index (χ2v) is 5.33. The van der Waals surface area contributed by atoms with Crippen molar-refractivity contribution in [2.75, 3.05) is 19.7 Å². The summed E-state index contributed by atoms with van der Waals surface area (Å²) in [5.41, 5.74) is 0. The van der Waals surface area contributed by atoms with Crippen molar-refractivity contribution in [1.29, 1.82) is 0 Å². The van der Waals surface area contributed by atoms with Crippen LogP contribution in [0.3, 0.4) is 0 Å². The summed E-state index contributed by atoms with van der Waals surface area (Å²) in [5, 5.41) is 5.92. The average Bonchev–Trinajstić information content (AvgIpc) is 2.49. The molecule has 19 heavy (non-hydrogen) atoms. The van der Waals surface area contributed by atoms with Crippen molar-refractivity contribution in [3.63, 3.8) is 0 Å². The maximum atomic E-state index is 5.99. The molecule has 0 amide bonds. The average molecular weight is 255 g/mol. The van der Waals surface area contributed by atoms with Gasteiger partial charge in [0.15, 0.2) is 0 Å². The monoisotopic (exact) mass is 255 g/mol. The normalized spacial score (nSPS) is 19.5. The predicted octanol–water partition coefficient (Wildman–Crippen LogP) is 3.61. The van der Waals surface area contributed by atoms with Crippen LogP contribution in [0.1, 0.15) is 19.3 Å². The third-order valence-corrected chi connectivity index (χ3v) is 3.93. The van der Waals surface area contributed by atoms with Gasteiger partial charge < -0.3 is 10.1 Å². The Labute approximate surface area is 114 Å². The number of piperidine rings is 1. The van der Waals surface area contributed by atoms with Crippen LogP contribution < -0.4 is 10.1 Å². The molecule has 1 heterocycles. The van der Waals surface area contributed by atoms with Crippen LogP contribution in [0.2, 0.25) is 0 Å². The van der Waals surface area contributed by atoms with Crippen LogP contribution in [-0.4, -0.2) is 19.7 Å². The lowest BCUT2D eigenvalue weighted by Crippen LogP contribution is -2.30. The fourth-order valence-corrected chi connectivity index (χ4v) is 2.83. The Kier molecular flexibility index (Phi) is 3.99. The molecule has 2 heteroatoms. The van der Waals surface area contributed by atoms with Crippen molar-refractivity contribution in [2.45, 2.75) is 19.3 Å². The van der Waals surface area contributed by atoms with Gasteiger partial charge in [-0.3, -0.25) is 0 Å². The quantitative estimate of drug-likeness (QED) is 0.901. The first-order valence-electron chi connectivity index (χ1n) is 7.25. The molecule has 3 rings (SSSR count). The van der Waals surface area contributed by atoms with Crippen LogP contribution in [-0.2, 0) is 0 Å². The van der Waals surface area contributed by atoms with Crippen LogP contribution in [0, 0.1) is 5.92 Å². The van der Waals surface area contributed by atoms with Gasteiger partial charge in [0.2, 0.25) is 0 Å². The minimum Gasteiger partial charge on any atom is -0.493 e. The molecule has 2 aromatic rings. The maximum Gasteiger partial charge on any atom is 0.127 e. The fraction of sp³-hybridized carbons (Fsp3) is 0.412. The smallest absolute Gasteiger partial charge is 0.127 e. The number of fused-ring (bicyclic) bond motifs is 1. The van der Waals surface area contributed by atoms with E-state index in [1.54, 1.807) is 0 Å². The van der Waals surface area contributed by atoms with Gasteiger partial charge in [0.05, 0.1) is 6.61 Å². The van der Waals surface area contributed by atoms with Gasteiger partial charge in [-0.2, -0.15) is 0 Å². The van der Waals surface area contributed by atoms with Crippen molar-refractivity contribution in [1.82, 2.24) is 5.32 Å². The third kappa shape index (κ3) is 3.07. The van der Waals surface area contributed by atoms with E-state index in [0.717, 1.165) is 31.2 Å². The summed E-state index contributed by atoms with van der Waals surface area (Å²) >= 11 is 0. The molecule has 0 radical (unpaired) electrons. The summed E-state index contributed by atoms with van der Waals surface area (Å²) < 4.78 is 5.99. The van der Waals surface area contributed by atoms with Gasteiger partial charge in [-0.1, -0.05) is 36.4 Å². The fourth-order valence-electron chi connectivity index (χ4n) is 2.83. The van der Waals surface area contributed by atoms with Gasteiger partial charge in [-0.05, 0) is 49.7 Å². The van der Waals surface area contributed by atoms with Crippen molar-refractivity contribution < 1.29 is 4.74 Å². The second kappa shape index (κ2) is 6.07. The minimum absolute atomic E-state index is 0.781. The van der Waals surface area contributed by atoms with Crippen LogP contribution in [0.15, 0.2) is 42.5 Å². The Morgan fingerprint density at radius 3 is 2.89 bits per heavy atom. The molecular formula is C17H21NO. The summed E-state index contributed by atoms with van der Waals surface area (Å²) in [6.45, 7) is 3.15. The van der Waals surface area contributed by atoms with E-state index >= 15 is 0 Å². The van der Waals surface area contributed by atoms with Crippen LogP contribution in [0.4, 0.5) is 0 Å². The van der Waals surface area contributed by atoms with E-state index in [0.29, 0.717) is 0 Å². The highest BCUT2D eigenvalue weighted by molar-refractivity contribution is 5.88. The first-order valence-corrected chi connectivity index (χ1v) is 7.25. The lowest BCUT2D eigenvalue weighted by molar-refractivity contribution is 0.256. The number of benzene rings is 2. The van der Waals surface area contributed by atoms with Crippen molar-refractivity contribution in [2.24, 2.45) is 5.92 Å². The lowest BCUT2D eigenvalue weighted by Gasteiger charge is -2.22.